The van der Waals surface area contributed by atoms with E-state index in [0.29, 0.717) is 5.95 Å². The number of nitrogens with two attached hydrogens (primary N) is 1. The summed E-state index contributed by atoms with van der Waals surface area (Å²) >= 11 is 0. The van der Waals surface area contributed by atoms with Gasteiger partial charge in [-0.25, -0.2) is 9.97 Å². The van der Waals surface area contributed by atoms with Gasteiger partial charge in [-0.1, -0.05) is 0 Å². The van der Waals surface area contributed by atoms with E-state index in [2.05, 4.69) is 15.3 Å². The van der Waals surface area contributed by atoms with Crippen LogP contribution < -0.4 is 11.1 Å². The molecule has 0 aromatic carbocycles. The fourth-order valence-corrected chi connectivity index (χ4v) is 0.874. The predicted molar refractivity (Wildman–Crippen MR) is 43.9 cm³/mol. The number of nitrogen functional groups attached to an aromatic ring is 1. The monoisotopic (exact) mass is 152 g/mol. The molecule has 1 aromatic heterocycles. The van der Waals surface area contributed by atoms with Gasteiger partial charge in [0.05, 0.1) is 0 Å². The van der Waals surface area contributed by atoms with Gasteiger partial charge in [0, 0.05) is 24.0 Å². The third-order valence-corrected chi connectivity index (χ3v) is 1.47. The van der Waals surface area contributed by atoms with Crippen molar-refractivity contribution in [3.63, 3.8) is 0 Å². The van der Waals surface area contributed by atoms with E-state index in [9.17, 15) is 0 Å². The minimum atomic E-state index is 0.336. The average Bonchev–Trinajstić information content (AvgIpc) is 1.95. The molecule has 0 unspecified atom stereocenters. The highest BCUT2D eigenvalue weighted by atomic mass is 15.0. The molecule has 0 fully saturated rings. The zero-order valence-corrected chi connectivity index (χ0v) is 6.76. The van der Waals surface area contributed by atoms with Gasteiger partial charge in [-0.2, -0.15) is 0 Å². The molecule has 0 aliphatic rings. The second-order valence-corrected chi connectivity index (χ2v) is 2.37. The first-order chi connectivity index (χ1) is 5.24. The molecule has 0 aliphatic heterocycles. The van der Waals surface area contributed by atoms with Crippen LogP contribution in [0.1, 0.15) is 11.3 Å². The van der Waals surface area contributed by atoms with Gasteiger partial charge >= 0.3 is 0 Å². The molecule has 0 amide bonds. The molecule has 0 bridgehead atoms. The van der Waals surface area contributed by atoms with Crippen LogP contribution in [0, 0.1) is 6.92 Å². The van der Waals surface area contributed by atoms with Gasteiger partial charge < -0.3 is 11.1 Å². The molecule has 4 heteroatoms. The third kappa shape index (κ3) is 1.88. The highest BCUT2D eigenvalue weighted by Crippen LogP contribution is 2.03. The van der Waals surface area contributed by atoms with E-state index in [4.69, 9.17) is 5.73 Å². The largest absolute Gasteiger partial charge is 0.368 e. The summed E-state index contributed by atoms with van der Waals surface area (Å²) in [6.45, 7) is 2.71. The Kier molecular flexibility index (Phi) is 2.38. The highest BCUT2D eigenvalue weighted by Gasteiger charge is 1.98. The standard InChI is InChI=1S/C7H12N4/c1-5-6(3-9-2)4-10-7(8)11-5/h4,9H,3H2,1-2H3,(H2,8,10,11). The Bertz CT molecular complexity index is 246. The molecule has 0 saturated carbocycles. The summed E-state index contributed by atoms with van der Waals surface area (Å²) in [6.07, 6.45) is 1.74. The molecule has 4 nitrogen and oxygen atoms in total. The molecule has 0 aliphatic carbocycles. The Balaban J connectivity index is 2.90. The number of rotatable bonds is 2. The van der Waals surface area contributed by atoms with Crippen molar-refractivity contribution in [2.75, 3.05) is 12.8 Å². The quantitative estimate of drug-likeness (QED) is 0.630. The SMILES string of the molecule is CNCc1cnc(N)nc1C. The predicted octanol–water partition coefficient (Wildman–Crippen LogP) is 0.0866. The lowest BCUT2D eigenvalue weighted by atomic mass is 10.2. The summed E-state index contributed by atoms with van der Waals surface area (Å²) in [6, 6.07) is 0. The van der Waals surface area contributed by atoms with Crippen LogP contribution in [0.2, 0.25) is 0 Å². The van der Waals surface area contributed by atoms with Crippen LogP contribution in [0.3, 0.4) is 0 Å². The van der Waals surface area contributed by atoms with Crippen LogP contribution in [0.4, 0.5) is 5.95 Å². The lowest BCUT2D eigenvalue weighted by Gasteiger charge is -2.02. The molecular formula is C7H12N4. The van der Waals surface area contributed by atoms with Crippen molar-refractivity contribution in [1.82, 2.24) is 15.3 Å². The molecule has 0 atom stereocenters. The van der Waals surface area contributed by atoms with E-state index in [0.717, 1.165) is 17.8 Å². The maximum atomic E-state index is 5.38. The van der Waals surface area contributed by atoms with Crippen LogP contribution in [0.15, 0.2) is 6.20 Å². The summed E-state index contributed by atoms with van der Waals surface area (Å²) < 4.78 is 0. The van der Waals surface area contributed by atoms with Gasteiger partial charge in [0.25, 0.3) is 0 Å². The zero-order valence-electron chi connectivity index (χ0n) is 6.76. The molecule has 60 valence electrons. The number of hydrogen-bond donors (Lipinski definition) is 2. The Hall–Kier alpha value is -1.16. The molecular weight excluding hydrogens is 140 g/mol. The smallest absolute Gasteiger partial charge is 0.220 e. The van der Waals surface area contributed by atoms with Crippen molar-refractivity contribution in [3.05, 3.63) is 17.5 Å². The first kappa shape index (κ1) is 7.94. The molecule has 3 N–H and O–H groups in total. The van der Waals surface area contributed by atoms with Crippen molar-refractivity contribution in [2.24, 2.45) is 0 Å². The maximum absolute atomic E-state index is 5.38. The molecule has 1 rings (SSSR count). The second-order valence-electron chi connectivity index (χ2n) is 2.37. The molecule has 0 spiro atoms. The highest BCUT2D eigenvalue weighted by molar-refractivity contribution is 5.23. The number of aryl methyl sites for hydroxylation is 1. The van der Waals surface area contributed by atoms with Crippen LogP contribution >= 0.6 is 0 Å². The lowest BCUT2D eigenvalue weighted by Crippen LogP contribution is -2.09. The van der Waals surface area contributed by atoms with Crippen molar-refractivity contribution in [3.8, 4) is 0 Å². The molecule has 11 heavy (non-hydrogen) atoms. The Labute approximate surface area is 65.9 Å². The minimum absolute atomic E-state index is 0.336. The molecule has 0 radical (unpaired) electrons. The second kappa shape index (κ2) is 3.30. The van der Waals surface area contributed by atoms with E-state index >= 15 is 0 Å². The third-order valence-electron chi connectivity index (χ3n) is 1.47. The maximum Gasteiger partial charge on any atom is 0.220 e. The zero-order chi connectivity index (χ0) is 8.27. The summed E-state index contributed by atoms with van der Waals surface area (Å²) in [5.41, 5.74) is 7.40. The number of nitrogens with one attached hydrogen (secondary N) is 1. The lowest BCUT2D eigenvalue weighted by molar-refractivity contribution is 0.798. The number of anilines is 1. The van der Waals surface area contributed by atoms with Gasteiger partial charge in [-0.3, -0.25) is 0 Å². The van der Waals surface area contributed by atoms with Gasteiger partial charge in [0.2, 0.25) is 5.95 Å². The van der Waals surface area contributed by atoms with E-state index in [1.54, 1.807) is 6.20 Å². The Morgan fingerprint density at radius 2 is 2.36 bits per heavy atom. The molecule has 1 heterocycles. The molecule has 1 aromatic rings. The van der Waals surface area contributed by atoms with Crippen LogP contribution in [-0.2, 0) is 6.54 Å². The average molecular weight is 152 g/mol. The minimum Gasteiger partial charge on any atom is -0.368 e. The van der Waals surface area contributed by atoms with E-state index in [-0.39, 0.29) is 0 Å². The summed E-state index contributed by atoms with van der Waals surface area (Å²) in [4.78, 5) is 7.90. The van der Waals surface area contributed by atoms with E-state index in [1.807, 2.05) is 14.0 Å². The summed E-state index contributed by atoms with van der Waals surface area (Å²) in [7, 11) is 1.88. The van der Waals surface area contributed by atoms with Gasteiger partial charge in [-0.05, 0) is 14.0 Å². The Morgan fingerprint density at radius 3 is 2.91 bits per heavy atom. The summed E-state index contributed by atoms with van der Waals surface area (Å²) in [5, 5.41) is 3.02. The number of nitrogens with zero attached hydrogens (tertiary/aromatic N) is 2. The number of hydrogen-bond acceptors (Lipinski definition) is 4. The van der Waals surface area contributed by atoms with Crippen molar-refractivity contribution in [2.45, 2.75) is 13.5 Å². The number of aromatic nitrogens is 2. The van der Waals surface area contributed by atoms with Crippen molar-refractivity contribution >= 4 is 5.95 Å². The topological polar surface area (TPSA) is 63.8 Å². The first-order valence-electron chi connectivity index (χ1n) is 3.46. The fourth-order valence-electron chi connectivity index (χ4n) is 0.874. The van der Waals surface area contributed by atoms with Gasteiger partial charge in [0.1, 0.15) is 0 Å². The Morgan fingerprint density at radius 1 is 1.64 bits per heavy atom. The van der Waals surface area contributed by atoms with Gasteiger partial charge in [-0.15, -0.1) is 0 Å². The van der Waals surface area contributed by atoms with Crippen LogP contribution in [0.25, 0.3) is 0 Å². The fraction of sp³-hybridized carbons (Fsp3) is 0.429. The first-order valence-corrected chi connectivity index (χ1v) is 3.46. The normalized spacial score (nSPS) is 10.0. The van der Waals surface area contributed by atoms with Crippen LogP contribution in [-0.4, -0.2) is 17.0 Å². The van der Waals surface area contributed by atoms with Crippen molar-refractivity contribution in [1.29, 1.82) is 0 Å². The van der Waals surface area contributed by atoms with Crippen molar-refractivity contribution < 1.29 is 0 Å². The molecule has 0 saturated heterocycles. The van der Waals surface area contributed by atoms with E-state index < -0.39 is 0 Å². The van der Waals surface area contributed by atoms with Crippen LogP contribution in [0.5, 0.6) is 0 Å². The summed E-state index contributed by atoms with van der Waals surface area (Å²) in [5.74, 6) is 0.336. The van der Waals surface area contributed by atoms with Gasteiger partial charge in [0.15, 0.2) is 0 Å². The van der Waals surface area contributed by atoms with E-state index in [1.165, 1.54) is 0 Å².